The Morgan fingerprint density at radius 1 is 1.33 bits per heavy atom. The topological polar surface area (TPSA) is 41.5 Å². The van der Waals surface area contributed by atoms with Crippen molar-refractivity contribution in [2.45, 2.75) is 20.1 Å². The van der Waals surface area contributed by atoms with E-state index in [1.165, 1.54) is 0 Å². The Bertz CT molecular complexity index is 299. The van der Waals surface area contributed by atoms with Crippen LogP contribution in [0.1, 0.15) is 25.6 Å². The molecule has 3 heteroatoms. The Morgan fingerprint density at radius 3 is 2.60 bits per heavy atom. The molecule has 0 saturated heterocycles. The number of rotatable bonds is 5. The van der Waals surface area contributed by atoms with Crippen LogP contribution >= 0.6 is 0 Å². The largest absolute Gasteiger partial charge is 0.496 e. The number of nitrogens with one attached hydrogen (secondary N) is 1. The molecular weight excluding hydrogens is 190 g/mol. The minimum absolute atomic E-state index is 0.509. The lowest BCUT2D eigenvalue weighted by molar-refractivity contribution is 0.131. The lowest BCUT2D eigenvalue weighted by atomic mass is 10.1. The zero-order valence-electron chi connectivity index (χ0n) is 9.53. The molecule has 0 spiro atoms. The highest BCUT2D eigenvalue weighted by Gasteiger charge is 2.11. The number of hydrogen-bond donors (Lipinski definition) is 2. The molecule has 0 bridgehead atoms. The van der Waals surface area contributed by atoms with Gasteiger partial charge in [0.05, 0.1) is 7.11 Å². The molecule has 15 heavy (non-hydrogen) atoms. The number of aliphatic hydroxyl groups is 1. The molecule has 0 aliphatic rings. The molecule has 1 aromatic rings. The van der Waals surface area contributed by atoms with E-state index >= 15 is 0 Å². The summed E-state index contributed by atoms with van der Waals surface area (Å²) in [7, 11) is 1.61. The zero-order valence-corrected chi connectivity index (χ0v) is 9.53. The van der Waals surface area contributed by atoms with Gasteiger partial charge in [-0.3, -0.25) is 5.32 Å². The summed E-state index contributed by atoms with van der Waals surface area (Å²) in [5.41, 5.74) is 0.778. The average Bonchev–Trinajstić information content (AvgIpc) is 2.25. The van der Waals surface area contributed by atoms with Crippen LogP contribution in [0.15, 0.2) is 24.3 Å². The smallest absolute Gasteiger partial charge is 0.134 e. The van der Waals surface area contributed by atoms with Crippen LogP contribution in [0, 0.1) is 5.92 Å². The van der Waals surface area contributed by atoms with Crippen LogP contribution in [-0.4, -0.2) is 18.8 Å². The van der Waals surface area contributed by atoms with Gasteiger partial charge in [0.15, 0.2) is 0 Å². The van der Waals surface area contributed by atoms with Crippen LogP contribution in [0.3, 0.4) is 0 Å². The van der Waals surface area contributed by atoms with Crippen LogP contribution in [-0.2, 0) is 0 Å². The summed E-state index contributed by atoms with van der Waals surface area (Å²) < 4.78 is 5.17. The van der Waals surface area contributed by atoms with Crippen LogP contribution in [0.5, 0.6) is 5.75 Å². The number of methoxy groups -OCH3 is 1. The minimum atomic E-state index is -0.663. The standard InChI is InChI=1S/C12H19NO2/c1-9(2)8-13-12(14)10-6-4-5-7-11(10)15-3/h4-7,9,12-14H,8H2,1-3H3. The first-order valence-electron chi connectivity index (χ1n) is 5.19. The van der Waals surface area contributed by atoms with E-state index in [4.69, 9.17) is 4.74 Å². The maximum Gasteiger partial charge on any atom is 0.134 e. The molecule has 0 radical (unpaired) electrons. The number of aliphatic hydroxyl groups excluding tert-OH is 1. The third kappa shape index (κ3) is 3.53. The molecule has 2 N–H and O–H groups in total. The van der Waals surface area contributed by atoms with Crippen molar-refractivity contribution in [3.63, 3.8) is 0 Å². The number of para-hydroxylation sites is 1. The Kier molecular flexibility index (Phi) is 4.59. The van der Waals surface area contributed by atoms with Crippen molar-refractivity contribution in [3.05, 3.63) is 29.8 Å². The molecule has 0 aliphatic heterocycles. The normalized spacial score (nSPS) is 12.9. The van der Waals surface area contributed by atoms with Gasteiger partial charge in [0.2, 0.25) is 0 Å². The van der Waals surface area contributed by atoms with Crippen molar-refractivity contribution in [2.24, 2.45) is 5.92 Å². The fraction of sp³-hybridized carbons (Fsp3) is 0.500. The Hall–Kier alpha value is -1.06. The Morgan fingerprint density at radius 2 is 2.00 bits per heavy atom. The molecule has 0 heterocycles. The molecule has 0 fully saturated rings. The highest BCUT2D eigenvalue weighted by atomic mass is 16.5. The first kappa shape index (κ1) is 12.0. The van der Waals surface area contributed by atoms with Crippen molar-refractivity contribution >= 4 is 0 Å². The maximum absolute atomic E-state index is 9.89. The second-order valence-corrected chi connectivity index (χ2v) is 3.95. The fourth-order valence-electron chi connectivity index (χ4n) is 1.35. The molecule has 0 aliphatic carbocycles. The molecule has 1 aromatic carbocycles. The van der Waals surface area contributed by atoms with Crippen LogP contribution in [0.25, 0.3) is 0 Å². The van der Waals surface area contributed by atoms with E-state index in [1.54, 1.807) is 7.11 Å². The van der Waals surface area contributed by atoms with Gasteiger partial charge in [-0.2, -0.15) is 0 Å². The summed E-state index contributed by atoms with van der Waals surface area (Å²) in [5.74, 6) is 1.22. The van der Waals surface area contributed by atoms with E-state index in [0.29, 0.717) is 11.7 Å². The van der Waals surface area contributed by atoms with Crippen LogP contribution in [0.2, 0.25) is 0 Å². The summed E-state index contributed by atoms with van der Waals surface area (Å²) in [5, 5.41) is 12.9. The molecule has 0 saturated carbocycles. The van der Waals surface area contributed by atoms with Crippen molar-refractivity contribution in [1.82, 2.24) is 5.32 Å². The van der Waals surface area contributed by atoms with Gasteiger partial charge in [-0.05, 0) is 12.0 Å². The minimum Gasteiger partial charge on any atom is -0.496 e. The van der Waals surface area contributed by atoms with E-state index in [2.05, 4.69) is 19.2 Å². The second kappa shape index (κ2) is 5.73. The average molecular weight is 209 g/mol. The van der Waals surface area contributed by atoms with Gasteiger partial charge >= 0.3 is 0 Å². The number of hydrogen-bond acceptors (Lipinski definition) is 3. The third-order valence-electron chi connectivity index (χ3n) is 2.15. The van der Waals surface area contributed by atoms with Crippen LogP contribution < -0.4 is 10.1 Å². The van der Waals surface area contributed by atoms with Gasteiger partial charge < -0.3 is 9.84 Å². The third-order valence-corrected chi connectivity index (χ3v) is 2.15. The molecular formula is C12H19NO2. The predicted molar refractivity (Wildman–Crippen MR) is 60.8 cm³/mol. The van der Waals surface area contributed by atoms with Gasteiger partial charge in [0.25, 0.3) is 0 Å². The highest BCUT2D eigenvalue weighted by Crippen LogP contribution is 2.22. The number of benzene rings is 1. The summed E-state index contributed by atoms with van der Waals surface area (Å²) in [6.07, 6.45) is -0.663. The first-order chi connectivity index (χ1) is 7.15. The lowest BCUT2D eigenvalue weighted by Gasteiger charge is -2.17. The SMILES string of the molecule is COc1ccccc1C(O)NCC(C)C. The highest BCUT2D eigenvalue weighted by molar-refractivity contribution is 5.34. The van der Waals surface area contributed by atoms with Gasteiger partial charge in [0.1, 0.15) is 12.0 Å². The Balaban J connectivity index is 2.68. The van der Waals surface area contributed by atoms with Gasteiger partial charge in [-0.1, -0.05) is 32.0 Å². The summed E-state index contributed by atoms with van der Waals surface area (Å²) in [4.78, 5) is 0. The number of ether oxygens (including phenoxy) is 1. The van der Waals surface area contributed by atoms with E-state index in [-0.39, 0.29) is 0 Å². The maximum atomic E-state index is 9.89. The second-order valence-electron chi connectivity index (χ2n) is 3.95. The van der Waals surface area contributed by atoms with Crippen molar-refractivity contribution in [3.8, 4) is 5.75 Å². The summed E-state index contributed by atoms with van der Waals surface area (Å²) in [6.45, 7) is 4.98. The Labute approximate surface area is 91.1 Å². The van der Waals surface area contributed by atoms with Crippen molar-refractivity contribution < 1.29 is 9.84 Å². The molecule has 84 valence electrons. The fourth-order valence-corrected chi connectivity index (χ4v) is 1.35. The van der Waals surface area contributed by atoms with E-state index in [9.17, 15) is 5.11 Å². The molecule has 1 atom stereocenters. The molecule has 0 aromatic heterocycles. The molecule has 3 nitrogen and oxygen atoms in total. The monoisotopic (exact) mass is 209 g/mol. The summed E-state index contributed by atoms with van der Waals surface area (Å²) >= 11 is 0. The molecule has 1 rings (SSSR count). The van der Waals surface area contributed by atoms with E-state index < -0.39 is 6.23 Å². The quantitative estimate of drug-likeness (QED) is 0.728. The summed E-state index contributed by atoms with van der Waals surface area (Å²) in [6, 6.07) is 7.47. The van der Waals surface area contributed by atoms with Gasteiger partial charge in [-0.25, -0.2) is 0 Å². The van der Waals surface area contributed by atoms with Crippen LogP contribution in [0.4, 0.5) is 0 Å². The first-order valence-corrected chi connectivity index (χ1v) is 5.19. The molecule has 0 amide bonds. The van der Waals surface area contributed by atoms with E-state index in [1.807, 2.05) is 24.3 Å². The van der Waals surface area contributed by atoms with Gasteiger partial charge in [-0.15, -0.1) is 0 Å². The zero-order chi connectivity index (χ0) is 11.3. The lowest BCUT2D eigenvalue weighted by Crippen LogP contribution is -2.25. The van der Waals surface area contributed by atoms with Crippen molar-refractivity contribution in [2.75, 3.05) is 13.7 Å². The van der Waals surface area contributed by atoms with E-state index in [0.717, 1.165) is 12.1 Å². The predicted octanol–water partition coefficient (Wildman–Crippen LogP) is 1.93. The molecule has 1 unspecified atom stereocenters. The van der Waals surface area contributed by atoms with Gasteiger partial charge in [0, 0.05) is 12.1 Å². The van der Waals surface area contributed by atoms with Crippen molar-refractivity contribution in [1.29, 1.82) is 0 Å².